The number of hydrogen-bond donors (Lipinski definition) is 0. The first-order valence-corrected chi connectivity index (χ1v) is 4.72. The smallest absolute Gasteiger partial charge is 0.320 e. The summed E-state index contributed by atoms with van der Waals surface area (Å²) in [6, 6.07) is 0. The molecule has 2 heterocycles. The van der Waals surface area contributed by atoms with Crippen LogP contribution in [-0.4, -0.2) is 30.8 Å². The van der Waals surface area contributed by atoms with E-state index in [2.05, 4.69) is 4.74 Å². The van der Waals surface area contributed by atoms with Crippen molar-refractivity contribution in [2.45, 2.75) is 12.5 Å². The topological polar surface area (TPSA) is 78.9 Å². The SMILES string of the molecule is O=C1OCOC2C1CC1C(=O)OC(=O)C12. The van der Waals surface area contributed by atoms with E-state index in [4.69, 9.17) is 9.47 Å². The number of fused-ring (bicyclic) bond motifs is 3. The highest BCUT2D eigenvalue weighted by Crippen LogP contribution is 2.45. The maximum absolute atomic E-state index is 11.4. The second kappa shape index (κ2) is 2.79. The third-order valence-electron chi connectivity index (χ3n) is 3.23. The summed E-state index contributed by atoms with van der Waals surface area (Å²) in [5, 5.41) is 0. The molecule has 0 aromatic rings. The quantitative estimate of drug-likeness (QED) is 0.387. The van der Waals surface area contributed by atoms with Gasteiger partial charge < -0.3 is 14.2 Å². The Morgan fingerprint density at radius 1 is 1.00 bits per heavy atom. The molecule has 15 heavy (non-hydrogen) atoms. The van der Waals surface area contributed by atoms with Crippen LogP contribution < -0.4 is 0 Å². The Balaban J connectivity index is 1.94. The Kier molecular flexibility index (Phi) is 1.64. The van der Waals surface area contributed by atoms with E-state index in [0.717, 1.165) is 0 Å². The number of esters is 3. The second-order valence-electron chi connectivity index (χ2n) is 3.93. The maximum atomic E-state index is 11.4. The fraction of sp³-hybridized carbons (Fsp3) is 0.667. The van der Waals surface area contributed by atoms with Crippen molar-refractivity contribution in [1.29, 1.82) is 0 Å². The standard InChI is InChI=1S/C9H8O6/c10-7-4-1-3-5(6(4)13-2-14-7)9(12)15-8(3)11/h3-6H,1-2H2. The van der Waals surface area contributed by atoms with E-state index in [1.807, 2.05) is 0 Å². The van der Waals surface area contributed by atoms with E-state index in [1.54, 1.807) is 0 Å². The first-order valence-electron chi connectivity index (χ1n) is 4.72. The van der Waals surface area contributed by atoms with E-state index in [1.165, 1.54) is 0 Å². The number of cyclic esters (lactones) is 3. The lowest BCUT2D eigenvalue weighted by Gasteiger charge is -2.26. The molecule has 0 aromatic heterocycles. The minimum absolute atomic E-state index is 0.148. The zero-order valence-electron chi connectivity index (χ0n) is 7.67. The number of carbonyl (C=O) groups is 3. The van der Waals surface area contributed by atoms with E-state index < -0.39 is 35.8 Å². The number of hydrogen-bond acceptors (Lipinski definition) is 6. The van der Waals surface area contributed by atoms with Crippen molar-refractivity contribution in [1.82, 2.24) is 0 Å². The van der Waals surface area contributed by atoms with E-state index >= 15 is 0 Å². The zero-order chi connectivity index (χ0) is 10.6. The Morgan fingerprint density at radius 3 is 2.60 bits per heavy atom. The molecule has 0 aromatic carbocycles. The fourth-order valence-electron chi connectivity index (χ4n) is 2.55. The molecule has 6 heteroatoms. The van der Waals surface area contributed by atoms with Crippen molar-refractivity contribution in [3.05, 3.63) is 0 Å². The summed E-state index contributed by atoms with van der Waals surface area (Å²) in [5.41, 5.74) is 0. The van der Waals surface area contributed by atoms with Crippen molar-refractivity contribution in [3.8, 4) is 0 Å². The molecular formula is C9H8O6. The van der Waals surface area contributed by atoms with Gasteiger partial charge in [-0.05, 0) is 6.42 Å². The molecule has 1 aliphatic carbocycles. The first kappa shape index (κ1) is 8.84. The van der Waals surface area contributed by atoms with Crippen LogP contribution in [0.2, 0.25) is 0 Å². The molecule has 4 unspecified atom stereocenters. The van der Waals surface area contributed by atoms with E-state index in [9.17, 15) is 14.4 Å². The van der Waals surface area contributed by atoms with Gasteiger partial charge in [0.05, 0.1) is 23.9 Å². The maximum Gasteiger partial charge on any atom is 0.320 e. The fourth-order valence-corrected chi connectivity index (χ4v) is 2.55. The van der Waals surface area contributed by atoms with Gasteiger partial charge in [-0.15, -0.1) is 0 Å². The number of carbonyl (C=O) groups excluding carboxylic acids is 3. The van der Waals surface area contributed by atoms with Crippen LogP contribution in [-0.2, 0) is 28.6 Å². The third kappa shape index (κ3) is 1.05. The molecule has 1 saturated carbocycles. The van der Waals surface area contributed by atoms with Gasteiger partial charge in [-0.2, -0.15) is 0 Å². The Morgan fingerprint density at radius 2 is 1.80 bits per heavy atom. The molecule has 0 N–H and O–H groups in total. The summed E-state index contributed by atoms with van der Waals surface area (Å²) in [6.45, 7) is -0.148. The van der Waals surface area contributed by atoms with Crippen LogP contribution in [0.5, 0.6) is 0 Å². The van der Waals surface area contributed by atoms with Gasteiger partial charge in [-0.1, -0.05) is 0 Å². The molecule has 0 bridgehead atoms. The Bertz CT molecular complexity index is 362. The summed E-state index contributed by atoms with van der Waals surface area (Å²) < 4.78 is 14.4. The van der Waals surface area contributed by atoms with Crippen LogP contribution in [0.15, 0.2) is 0 Å². The highest BCUT2D eigenvalue weighted by Gasteiger charge is 2.60. The van der Waals surface area contributed by atoms with Gasteiger partial charge in [0.1, 0.15) is 0 Å². The number of ether oxygens (including phenoxy) is 3. The average molecular weight is 212 g/mol. The van der Waals surface area contributed by atoms with Gasteiger partial charge in [0.25, 0.3) is 0 Å². The summed E-state index contributed by atoms with van der Waals surface area (Å²) in [6.07, 6.45) is -0.256. The summed E-state index contributed by atoms with van der Waals surface area (Å²) in [4.78, 5) is 34.0. The van der Waals surface area contributed by atoms with E-state index in [-0.39, 0.29) is 12.8 Å². The van der Waals surface area contributed by atoms with Crippen LogP contribution in [0, 0.1) is 17.8 Å². The molecule has 0 radical (unpaired) electrons. The minimum atomic E-state index is -0.615. The Hall–Kier alpha value is -1.43. The lowest BCUT2D eigenvalue weighted by Crippen LogP contribution is -2.39. The molecule has 4 atom stereocenters. The molecule has 80 valence electrons. The van der Waals surface area contributed by atoms with Crippen molar-refractivity contribution in [2.24, 2.45) is 17.8 Å². The highest BCUT2D eigenvalue weighted by atomic mass is 16.7. The predicted molar refractivity (Wildman–Crippen MR) is 42.0 cm³/mol. The third-order valence-corrected chi connectivity index (χ3v) is 3.23. The van der Waals surface area contributed by atoms with Gasteiger partial charge in [0, 0.05) is 0 Å². The lowest BCUT2D eigenvalue weighted by molar-refractivity contribution is -0.196. The largest absolute Gasteiger partial charge is 0.438 e. The van der Waals surface area contributed by atoms with Gasteiger partial charge in [0.2, 0.25) is 0 Å². The van der Waals surface area contributed by atoms with Crippen LogP contribution in [0.25, 0.3) is 0 Å². The van der Waals surface area contributed by atoms with Gasteiger partial charge >= 0.3 is 17.9 Å². The van der Waals surface area contributed by atoms with Gasteiger partial charge in [-0.3, -0.25) is 14.4 Å². The molecule has 3 fully saturated rings. The first-order chi connectivity index (χ1) is 7.18. The van der Waals surface area contributed by atoms with Crippen LogP contribution in [0.3, 0.4) is 0 Å². The molecule has 3 rings (SSSR count). The molecule has 2 aliphatic heterocycles. The summed E-state index contributed by atoms with van der Waals surface area (Å²) in [5.74, 6) is -3.15. The molecule has 2 saturated heterocycles. The van der Waals surface area contributed by atoms with Crippen LogP contribution >= 0.6 is 0 Å². The monoisotopic (exact) mass is 212 g/mol. The van der Waals surface area contributed by atoms with Crippen molar-refractivity contribution in [2.75, 3.05) is 6.79 Å². The Labute approximate surface area is 84.5 Å². The van der Waals surface area contributed by atoms with Crippen LogP contribution in [0.4, 0.5) is 0 Å². The highest BCUT2D eigenvalue weighted by molar-refractivity contribution is 5.98. The van der Waals surface area contributed by atoms with Crippen LogP contribution in [0.1, 0.15) is 6.42 Å². The normalized spacial score (nSPS) is 43.3. The molecule has 3 aliphatic rings. The molecule has 0 spiro atoms. The minimum Gasteiger partial charge on any atom is -0.438 e. The molecular weight excluding hydrogens is 204 g/mol. The van der Waals surface area contributed by atoms with Crippen molar-refractivity contribution < 1.29 is 28.6 Å². The van der Waals surface area contributed by atoms with Crippen molar-refractivity contribution in [3.63, 3.8) is 0 Å². The number of rotatable bonds is 0. The van der Waals surface area contributed by atoms with Gasteiger partial charge in [0.15, 0.2) is 6.79 Å². The van der Waals surface area contributed by atoms with Gasteiger partial charge in [-0.25, -0.2) is 0 Å². The second-order valence-corrected chi connectivity index (χ2v) is 3.93. The van der Waals surface area contributed by atoms with Crippen molar-refractivity contribution >= 4 is 17.9 Å². The molecule has 6 nitrogen and oxygen atoms in total. The zero-order valence-corrected chi connectivity index (χ0v) is 7.67. The summed E-state index contributed by atoms with van der Waals surface area (Å²) >= 11 is 0. The lowest BCUT2D eigenvalue weighted by atomic mass is 9.97. The molecule has 0 amide bonds. The average Bonchev–Trinajstić information content (AvgIpc) is 2.68. The van der Waals surface area contributed by atoms with E-state index in [0.29, 0.717) is 6.42 Å². The summed E-state index contributed by atoms with van der Waals surface area (Å²) in [7, 11) is 0. The predicted octanol–water partition coefficient (Wildman–Crippen LogP) is -0.778.